The van der Waals surface area contributed by atoms with Crippen LogP contribution < -0.4 is 5.32 Å². The van der Waals surface area contributed by atoms with Crippen LogP contribution in [0.3, 0.4) is 0 Å². The largest absolute Gasteiger partial charge is 0.321 e. The van der Waals surface area contributed by atoms with E-state index in [1.165, 1.54) is 24.3 Å². The highest BCUT2D eigenvalue weighted by atomic mass is 32.2. The minimum atomic E-state index is -3.03. The number of halogens is 1. The Bertz CT molecular complexity index is 951. The number of benzene rings is 1. The molecule has 0 radical (unpaired) electrons. The number of nitrogens with one attached hydrogen (secondary N) is 1. The summed E-state index contributed by atoms with van der Waals surface area (Å²) in [6.45, 7) is 0. The lowest BCUT2D eigenvalue weighted by molar-refractivity contribution is 0.102. The van der Waals surface area contributed by atoms with Gasteiger partial charge in [0.25, 0.3) is 5.91 Å². The van der Waals surface area contributed by atoms with Crippen molar-refractivity contribution in [2.24, 2.45) is 0 Å². The van der Waals surface area contributed by atoms with Crippen LogP contribution in [0.25, 0.3) is 0 Å². The normalized spacial score (nSPS) is 21.3. The maximum Gasteiger partial charge on any atom is 0.276 e. The van der Waals surface area contributed by atoms with E-state index in [1.807, 2.05) is 0 Å². The van der Waals surface area contributed by atoms with Crippen molar-refractivity contribution >= 4 is 21.4 Å². The van der Waals surface area contributed by atoms with Crippen molar-refractivity contribution in [3.05, 3.63) is 47.0 Å². The quantitative estimate of drug-likeness (QED) is 0.891. The van der Waals surface area contributed by atoms with Gasteiger partial charge in [0.1, 0.15) is 5.82 Å². The topological polar surface area (TPSA) is 81.1 Å². The molecule has 1 aromatic heterocycles. The number of hydrogen-bond donors (Lipinski definition) is 1. The zero-order chi connectivity index (χ0) is 18.3. The summed E-state index contributed by atoms with van der Waals surface area (Å²) in [6.07, 6.45) is 4.11. The Hall–Kier alpha value is -2.22. The first-order valence-electron chi connectivity index (χ1n) is 8.80. The monoisotopic (exact) mass is 377 g/mol. The van der Waals surface area contributed by atoms with Gasteiger partial charge in [-0.25, -0.2) is 12.8 Å². The number of aromatic nitrogens is 2. The van der Waals surface area contributed by atoms with E-state index in [1.54, 1.807) is 4.68 Å². The molecule has 1 fully saturated rings. The first-order valence-corrected chi connectivity index (χ1v) is 10.6. The molecule has 138 valence electrons. The highest BCUT2D eigenvalue weighted by Crippen LogP contribution is 2.31. The van der Waals surface area contributed by atoms with Crippen LogP contribution in [-0.4, -0.2) is 35.6 Å². The first-order chi connectivity index (χ1) is 12.4. The molecule has 0 bridgehead atoms. The average Bonchev–Trinajstić information content (AvgIpc) is 3.17. The molecule has 6 nitrogen and oxygen atoms in total. The molecule has 8 heteroatoms. The second-order valence-electron chi connectivity index (χ2n) is 6.94. The number of anilines is 1. The summed E-state index contributed by atoms with van der Waals surface area (Å²) >= 11 is 0. The fourth-order valence-electron chi connectivity index (χ4n) is 3.80. The van der Waals surface area contributed by atoms with Gasteiger partial charge in [0.05, 0.1) is 17.5 Å². The van der Waals surface area contributed by atoms with Crippen LogP contribution in [0.4, 0.5) is 10.1 Å². The molecule has 1 N–H and O–H groups in total. The molecule has 2 heterocycles. The molecule has 1 aromatic carbocycles. The van der Waals surface area contributed by atoms with E-state index in [2.05, 4.69) is 10.4 Å². The number of rotatable bonds is 3. The SMILES string of the molecule is O=C(Nc1ccc(F)cc1)c1nn([C@H]2CCS(=O)(=O)C2)c2c1CCCC2. The number of carbonyl (C=O) groups excluding carboxylic acids is 1. The molecular formula is C18H20FN3O3S. The van der Waals surface area contributed by atoms with Crippen molar-refractivity contribution in [2.75, 3.05) is 16.8 Å². The molecule has 1 saturated heterocycles. The Morgan fingerprint density at radius 1 is 1.19 bits per heavy atom. The fourth-order valence-corrected chi connectivity index (χ4v) is 5.49. The van der Waals surface area contributed by atoms with Gasteiger partial charge in [0, 0.05) is 16.9 Å². The van der Waals surface area contributed by atoms with Gasteiger partial charge in [-0.2, -0.15) is 5.10 Å². The molecule has 1 aliphatic carbocycles. The van der Waals surface area contributed by atoms with Gasteiger partial charge in [0.15, 0.2) is 15.5 Å². The van der Waals surface area contributed by atoms with Crippen molar-refractivity contribution in [1.82, 2.24) is 9.78 Å². The maximum absolute atomic E-state index is 13.0. The van der Waals surface area contributed by atoms with Crippen molar-refractivity contribution in [1.29, 1.82) is 0 Å². The van der Waals surface area contributed by atoms with Crippen molar-refractivity contribution < 1.29 is 17.6 Å². The average molecular weight is 377 g/mol. The summed E-state index contributed by atoms with van der Waals surface area (Å²) in [7, 11) is -3.03. The number of nitrogens with zero attached hydrogens (tertiary/aromatic N) is 2. The van der Waals surface area contributed by atoms with Gasteiger partial charge in [0.2, 0.25) is 0 Å². The van der Waals surface area contributed by atoms with Crippen LogP contribution in [-0.2, 0) is 22.7 Å². The molecule has 0 spiro atoms. The number of carbonyl (C=O) groups is 1. The van der Waals surface area contributed by atoms with Crippen LogP contribution >= 0.6 is 0 Å². The van der Waals surface area contributed by atoms with E-state index in [0.29, 0.717) is 17.8 Å². The number of fused-ring (bicyclic) bond motifs is 1. The van der Waals surface area contributed by atoms with Crippen LogP contribution in [0, 0.1) is 5.82 Å². The van der Waals surface area contributed by atoms with E-state index in [4.69, 9.17) is 0 Å². The van der Waals surface area contributed by atoms with Crippen molar-refractivity contribution in [3.63, 3.8) is 0 Å². The Balaban J connectivity index is 1.65. The highest BCUT2D eigenvalue weighted by Gasteiger charge is 2.34. The molecule has 1 atom stereocenters. The van der Waals surface area contributed by atoms with Gasteiger partial charge in [-0.15, -0.1) is 0 Å². The van der Waals surface area contributed by atoms with E-state index in [0.717, 1.165) is 36.9 Å². The van der Waals surface area contributed by atoms with Gasteiger partial charge in [-0.1, -0.05) is 0 Å². The fraction of sp³-hybridized carbons (Fsp3) is 0.444. The molecule has 0 saturated carbocycles. The highest BCUT2D eigenvalue weighted by molar-refractivity contribution is 7.91. The molecular weight excluding hydrogens is 357 g/mol. The van der Waals surface area contributed by atoms with Gasteiger partial charge < -0.3 is 5.32 Å². The summed E-state index contributed by atoms with van der Waals surface area (Å²) < 4.78 is 38.5. The summed E-state index contributed by atoms with van der Waals surface area (Å²) in [5.74, 6) is -0.453. The van der Waals surface area contributed by atoms with Crippen LogP contribution in [0.15, 0.2) is 24.3 Å². The van der Waals surface area contributed by atoms with Crippen molar-refractivity contribution in [3.8, 4) is 0 Å². The van der Waals surface area contributed by atoms with E-state index < -0.39 is 9.84 Å². The second kappa shape index (κ2) is 6.50. The van der Waals surface area contributed by atoms with Gasteiger partial charge in [-0.05, 0) is 56.4 Å². The number of hydrogen-bond acceptors (Lipinski definition) is 4. The Kier molecular flexibility index (Phi) is 4.30. The van der Waals surface area contributed by atoms with Crippen LogP contribution in [0.5, 0.6) is 0 Å². The number of sulfone groups is 1. The summed E-state index contributed by atoms with van der Waals surface area (Å²) in [4.78, 5) is 12.7. The standard InChI is InChI=1S/C18H20FN3O3S/c19-12-5-7-13(8-6-12)20-18(23)17-15-3-1-2-4-16(15)22(21-17)14-9-10-26(24,25)11-14/h5-8,14H,1-4,9-11H2,(H,20,23)/t14-/m0/s1. The molecule has 4 rings (SSSR count). The minimum absolute atomic E-state index is 0.0835. The van der Waals surface area contributed by atoms with Crippen LogP contribution in [0.2, 0.25) is 0 Å². The Labute approximate surface area is 151 Å². The van der Waals surface area contributed by atoms with E-state index >= 15 is 0 Å². The van der Waals surface area contributed by atoms with Crippen molar-refractivity contribution in [2.45, 2.75) is 38.1 Å². The molecule has 26 heavy (non-hydrogen) atoms. The first kappa shape index (κ1) is 17.2. The van der Waals surface area contributed by atoms with Gasteiger partial charge >= 0.3 is 0 Å². The third-order valence-electron chi connectivity index (χ3n) is 5.08. The molecule has 1 aliphatic heterocycles. The molecule has 1 amide bonds. The Morgan fingerprint density at radius 2 is 1.92 bits per heavy atom. The summed E-state index contributed by atoms with van der Waals surface area (Å²) in [5.41, 5.74) is 2.76. The third-order valence-corrected chi connectivity index (χ3v) is 6.83. The van der Waals surface area contributed by atoms with E-state index in [9.17, 15) is 17.6 Å². The molecule has 0 unspecified atom stereocenters. The lowest BCUT2D eigenvalue weighted by atomic mass is 9.95. The molecule has 2 aromatic rings. The predicted octanol–water partition coefficient (Wildman–Crippen LogP) is 2.51. The zero-order valence-corrected chi connectivity index (χ0v) is 15.1. The minimum Gasteiger partial charge on any atom is -0.321 e. The predicted molar refractivity (Wildman–Crippen MR) is 95.5 cm³/mol. The summed E-state index contributed by atoms with van der Waals surface area (Å²) in [5, 5.41) is 7.28. The van der Waals surface area contributed by atoms with E-state index in [-0.39, 0.29) is 29.3 Å². The second-order valence-corrected chi connectivity index (χ2v) is 9.17. The number of amides is 1. The zero-order valence-electron chi connectivity index (χ0n) is 14.2. The van der Waals surface area contributed by atoms with Gasteiger partial charge in [-0.3, -0.25) is 9.48 Å². The maximum atomic E-state index is 13.0. The van der Waals surface area contributed by atoms with Crippen LogP contribution in [0.1, 0.15) is 47.1 Å². The smallest absolute Gasteiger partial charge is 0.276 e. The lowest BCUT2D eigenvalue weighted by Gasteiger charge is -2.17. The third kappa shape index (κ3) is 3.25. The molecule has 2 aliphatic rings. The Morgan fingerprint density at radius 3 is 2.62 bits per heavy atom. The summed E-state index contributed by atoms with van der Waals surface area (Å²) in [6, 6.07) is 5.37. The lowest BCUT2D eigenvalue weighted by Crippen LogP contribution is -2.17.